The monoisotopic (exact) mass is 419 g/mol. The number of H-pyrrole nitrogens is 1. The van der Waals surface area contributed by atoms with Crippen LogP contribution in [0, 0.1) is 0 Å². The van der Waals surface area contributed by atoms with Crippen molar-refractivity contribution in [1.29, 1.82) is 0 Å². The minimum atomic E-state index is -0.252. The van der Waals surface area contributed by atoms with E-state index in [1.165, 1.54) is 10.7 Å². The van der Waals surface area contributed by atoms with Crippen LogP contribution in [0.5, 0.6) is 0 Å². The zero-order valence-corrected chi connectivity index (χ0v) is 17.3. The van der Waals surface area contributed by atoms with E-state index in [1.807, 2.05) is 54.8 Å². The molecule has 0 atom stereocenters. The van der Waals surface area contributed by atoms with E-state index in [4.69, 9.17) is 0 Å². The van der Waals surface area contributed by atoms with Crippen LogP contribution in [0.25, 0.3) is 16.5 Å². The second-order valence-corrected chi connectivity index (χ2v) is 7.77. The van der Waals surface area contributed by atoms with Crippen molar-refractivity contribution in [3.8, 4) is 16.5 Å². The summed E-state index contributed by atoms with van der Waals surface area (Å²) in [6.45, 7) is 2.03. The molecule has 8 heteroatoms. The normalized spacial score (nSPS) is 10.8. The molecule has 4 rings (SSSR count). The summed E-state index contributed by atoms with van der Waals surface area (Å²) in [6.07, 6.45) is 1.79. The number of carbonyl (C=O) groups is 1. The maximum Gasteiger partial charge on any atom is 0.252 e. The van der Waals surface area contributed by atoms with Gasteiger partial charge in [-0.1, -0.05) is 49.7 Å². The van der Waals surface area contributed by atoms with Gasteiger partial charge < -0.3 is 5.32 Å². The van der Waals surface area contributed by atoms with Gasteiger partial charge in [0.2, 0.25) is 11.9 Å². The van der Waals surface area contributed by atoms with Gasteiger partial charge in [-0.3, -0.25) is 14.6 Å². The van der Waals surface area contributed by atoms with Crippen LogP contribution in [0.2, 0.25) is 0 Å². The topological polar surface area (TPSA) is 92.7 Å². The summed E-state index contributed by atoms with van der Waals surface area (Å²) in [6, 6.07) is 16.7. The van der Waals surface area contributed by atoms with Crippen molar-refractivity contribution in [2.24, 2.45) is 0 Å². The quantitative estimate of drug-likeness (QED) is 0.476. The molecule has 3 heterocycles. The Balaban J connectivity index is 1.70. The number of anilines is 1. The Labute approximate surface area is 177 Å². The Kier molecular flexibility index (Phi) is 5.85. The molecular weight excluding hydrogens is 398 g/mol. The Morgan fingerprint density at radius 3 is 2.73 bits per heavy atom. The van der Waals surface area contributed by atoms with Gasteiger partial charge in [-0.2, -0.15) is 9.78 Å². The van der Waals surface area contributed by atoms with Gasteiger partial charge in [0.25, 0.3) is 5.56 Å². The fraction of sp³-hybridized carbons (Fsp3) is 0.182. The van der Waals surface area contributed by atoms with E-state index in [9.17, 15) is 9.59 Å². The van der Waals surface area contributed by atoms with Crippen molar-refractivity contribution in [1.82, 2.24) is 19.7 Å². The first-order valence-electron chi connectivity index (χ1n) is 9.70. The van der Waals surface area contributed by atoms with Crippen LogP contribution in [-0.2, 0) is 17.6 Å². The number of thiophene rings is 1. The number of rotatable bonds is 7. The smallest absolute Gasteiger partial charge is 0.252 e. The van der Waals surface area contributed by atoms with Crippen LogP contribution in [0.15, 0.2) is 64.8 Å². The van der Waals surface area contributed by atoms with E-state index in [-0.39, 0.29) is 23.8 Å². The molecule has 0 aliphatic carbocycles. The molecule has 0 unspecified atom stereocenters. The number of aryl methyl sites for hydroxylation is 1. The molecule has 152 valence electrons. The molecule has 30 heavy (non-hydrogen) atoms. The molecule has 1 amide bonds. The van der Waals surface area contributed by atoms with Crippen LogP contribution in [-0.4, -0.2) is 25.7 Å². The van der Waals surface area contributed by atoms with E-state index in [1.54, 1.807) is 17.4 Å². The highest BCUT2D eigenvalue weighted by atomic mass is 32.1. The predicted molar refractivity (Wildman–Crippen MR) is 118 cm³/mol. The lowest BCUT2D eigenvalue weighted by atomic mass is 10.1. The maximum absolute atomic E-state index is 12.7. The molecule has 0 spiro atoms. The Bertz CT molecular complexity index is 1200. The first kappa shape index (κ1) is 19.8. The summed E-state index contributed by atoms with van der Waals surface area (Å²) in [5, 5.41) is 9.48. The summed E-state index contributed by atoms with van der Waals surface area (Å²) >= 11 is 1.55. The molecule has 1 aromatic carbocycles. The molecule has 3 aromatic heterocycles. The third-order valence-electron chi connectivity index (χ3n) is 4.45. The van der Waals surface area contributed by atoms with Crippen LogP contribution in [0.4, 0.5) is 5.82 Å². The minimum Gasteiger partial charge on any atom is -0.310 e. The Morgan fingerprint density at radius 1 is 1.17 bits per heavy atom. The molecule has 0 aliphatic rings. The van der Waals surface area contributed by atoms with Crippen LogP contribution >= 0.6 is 11.3 Å². The molecule has 0 fully saturated rings. The van der Waals surface area contributed by atoms with Crippen molar-refractivity contribution in [3.05, 3.63) is 81.6 Å². The number of aromatic nitrogens is 4. The number of benzene rings is 1. The number of aromatic amines is 1. The minimum absolute atomic E-state index is 0.174. The number of hydrogen-bond acceptors (Lipinski definition) is 5. The molecule has 0 radical (unpaired) electrons. The first-order chi connectivity index (χ1) is 14.6. The number of nitrogens with one attached hydrogen (secondary N) is 2. The van der Waals surface area contributed by atoms with E-state index in [2.05, 4.69) is 20.4 Å². The summed E-state index contributed by atoms with van der Waals surface area (Å²) in [5.41, 5.74) is 2.05. The van der Waals surface area contributed by atoms with Crippen molar-refractivity contribution in [3.63, 3.8) is 0 Å². The van der Waals surface area contributed by atoms with Crippen molar-refractivity contribution in [2.45, 2.75) is 26.2 Å². The van der Waals surface area contributed by atoms with Gasteiger partial charge in [0.05, 0.1) is 11.3 Å². The van der Waals surface area contributed by atoms with Crippen molar-refractivity contribution in [2.75, 3.05) is 5.32 Å². The Hall–Kier alpha value is -3.52. The van der Waals surface area contributed by atoms with Crippen molar-refractivity contribution < 1.29 is 4.79 Å². The zero-order valence-electron chi connectivity index (χ0n) is 16.5. The number of hydrogen-bond donors (Lipinski definition) is 2. The molecule has 0 bridgehead atoms. The van der Waals surface area contributed by atoms with Crippen molar-refractivity contribution >= 4 is 23.1 Å². The fourth-order valence-electron chi connectivity index (χ4n) is 3.12. The summed E-state index contributed by atoms with van der Waals surface area (Å²) < 4.78 is 1.48. The molecule has 4 aromatic rings. The second-order valence-electron chi connectivity index (χ2n) is 6.82. The standard InChI is InChI=1S/C22H21N5O2S/c1-2-7-16-13-21(29)25-22(23-16)27-19(14-17(26-27)18-10-6-11-30-18)24-20(28)12-15-8-4-3-5-9-15/h3-6,8-11,13-14H,2,7,12H2,1H3,(H,24,28)(H,23,25,29). The van der Waals surface area contributed by atoms with Gasteiger partial charge in [-0.25, -0.2) is 4.98 Å². The SMILES string of the molecule is CCCc1cc(=O)[nH]c(-n2nc(-c3cccs3)cc2NC(=O)Cc2ccccc2)n1. The van der Waals surface area contributed by atoms with Gasteiger partial charge in [0.15, 0.2) is 0 Å². The number of carbonyl (C=O) groups excluding carboxylic acids is 1. The van der Waals surface area contributed by atoms with E-state index < -0.39 is 0 Å². The summed E-state index contributed by atoms with van der Waals surface area (Å²) in [5.74, 6) is 0.562. The van der Waals surface area contributed by atoms with E-state index >= 15 is 0 Å². The number of nitrogens with zero attached hydrogens (tertiary/aromatic N) is 3. The van der Waals surface area contributed by atoms with Crippen LogP contribution < -0.4 is 10.9 Å². The molecular formula is C22H21N5O2S. The van der Waals surface area contributed by atoms with Gasteiger partial charge in [0, 0.05) is 17.8 Å². The van der Waals surface area contributed by atoms with Crippen LogP contribution in [0.3, 0.4) is 0 Å². The lowest BCUT2D eigenvalue weighted by Gasteiger charge is -2.09. The molecule has 7 nitrogen and oxygen atoms in total. The lowest BCUT2D eigenvalue weighted by Crippen LogP contribution is -2.20. The largest absolute Gasteiger partial charge is 0.310 e. The zero-order chi connectivity index (χ0) is 20.9. The molecule has 0 saturated heterocycles. The van der Waals surface area contributed by atoms with Gasteiger partial charge in [-0.05, 0) is 23.4 Å². The van der Waals surface area contributed by atoms with Gasteiger partial charge >= 0.3 is 0 Å². The summed E-state index contributed by atoms with van der Waals surface area (Å²) in [7, 11) is 0. The maximum atomic E-state index is 12.7. The lowest BCUT2D eigenvalue weighted by molar-refractivity contribution is -0.115. The molecule has 0 saturated carbocycles. The van der Waals surface area contributed by atoms with E-state index in [0.717, 1.165) is 16.9 Å². The second kappa shape index (κ2) is 8.87. The highest BCUT2D eigenvalue weighted by Crippen LogP contribution is 2.27. The highest BCUT2D eigenvalue weighted by molar-refractivity contribution is 7.13. The molecule has 0 aliphatic heterocycles. The number of amides is 1. The predicted octanol–water partition coefficient (Wildman–Crippen LogP) is 3.82. The average Bonchev–Trinajstić information content (AvgIpc) is 3.38. The average molecular weight is 420 g/mol. The third-order valence-corrected chi connectivity index (χ3v) is 5.34. The highest BCUT2D eigenvalue weighted by Gasteiger charge is 2.16. The summed E-state index contributed by atoms with van der Waals surface area (Å²) in [4.78, 5) is 33.0. The van der Waals surface area contributed by atoms with Gasteiger partial charge in [-0.15, -0.1) is 11.3 Å². The van der Waals surface area contributed by atoms with Gasteiger partial charge in [0.1, 0.15) is 11.5 Å². The van der Waals surface area contributed by atoms with Crippen LogP contribution in [0.1, 0.15) is 24.6 Å². The molecule has 2 N–H and O–H groups in total. The first-order valence-corrected chi connectivity index (χ1v) is 10.6. The third kappa shape index (κ3) is 4.55. The Morgan fingerprint density at radius 2 is 2.00 bits per heavy atom. The van der Waals surface area contributed by atoms with E-state index in [0.29, 0.717) is 23.6 Å². The fourth-order valence-corrected chi connectivity index (χ4v) is 3.80.